The van der Waals surface area contributed by atoms with Gasteiger partial charge in [0.25, 0.3) is 5.91 Å². The zero-order valence-corrected chi connectivity index (χ0v) is 21.5. The summed E-state index contributed by atoms with van der Waals surface area (Å²) in [7, 11) is 0. The van der Waals surface area contributed by atoms with E-state index in [1.165, 1.54) is 12.1 Å². The Labute approximate surface area is 227 Å². The highest BCUT2D eigenvalue weighted by atomic mass is 19.4. The third-order valence-corrected chi connectivity index (χ3v) is 6.18. The zero-order chi connectivity index (χ0) is 28.4. The minimum absolute atomic E-state index is 0.0998. The maximum Gasteiger partial charge on any atom is 0.416 e. The summed E-state index contributed by atoms with van der Waals surface area (Å²) in [4.78, 5) is 30.7. The molecule has 0 radical (unpaired) electrons. The van der Waals surface area contributed by atoms with Gasteiger partial charge in [-0.3, -0.25) is 14.8 Å². The fraction of sp³-hybridized carbons (Fsp3) is 0.100. The van der Waals surface area contributed by atoms with E-state index in [2.05, 4.69) is 37.1 Å². The molecule has 5 rings (SSSR count). The second-order valence-corrected chi connectivity index (χ2v) is 9.10. The number of rotatable bonds is 6. The van der Waals surface area contributed by atoms with Gasteiger partial charge in [-0.15, -0.1) is 0 Å². The predicted molar refractivity (Wildman–Crippen MR) is 149 cm³/mol. The summed E-state index contributed by atoms with van der Waals surface area (Å²) in [6.45, 7) is 7.57. The molecule has 0 fully saturated rings. The van der Waals surface area contributed by atoms with E-state index in [0.717, 1.165) is 34.6 Å². The second-order valence-electron chi connectivity index (χ2n) is 9.10. The Balaban J connectivity index is 1.50. The minimum atomic E-state index is -4.55. The molecular formula is C30H23F3N6O. The fourth-order valence-corrected chi connectivity index (χ4v) is 4.08. The number of halogens is 3. The average Bonchev–Trinajstić information content (AvgIpc) is 2.94. The van der Waals surface area contributed by atoms with Gasteiger partial charge in [-0.25, -0.2) is 9.97 Å². The molecule has 3 heterocycles. The van der Waals surface area contributed by atoms with Crippen LogP contribution < -0.4 is 10.6 Å². The van der Waals surface area contributed by atoms with Crippen LogP contribution in [0.3, 0.4) is 0 Å². The van der Waals surface area contributed by atoms with E-state index in [4.69, 9.17) is 0 Å². The number of aromatic nitrogens is 4. The monoisotopic (exact) mass is 540 g/mol. The molecule has 0 spiro atoms. The van der Waals surface area contributed by atoms with Gasteiger partial charge in [0.2, 0.25) is 0 Å². The van der Waals surface area contributed by atoms with Gasteiger partial charge in [0, 0.05) is 27.9 Å². The summed E-state index contributed by atoms with van der Waals surface area (Å²) >= 11 is 0. The maximum atomic E-state index is 13.1. The van der Waals surface area contributed by atoms with Crippen molar-refractivity contribution in [2.75, 3.05) is 10.6 Å². The minimum Gasteiger partial charge on any atom is -0.338 e. The summed E-state index contributed by atoms with van der Waals surface area (Å²) in [5.74, 6) is 0.317. The number of anilines is 3. The van der Waals surface area contributed by atoms with Gasteiger partial charge < -0.3 is 10.6 Å². The molecule has 200 valence electrons. The van der Waals surface area contributed by atoms with Crippen molar-refractivity contribution in [2.45, 2.75) is 20.0 Å². The first-order valence-electron chi connectivity index (χ1n) is 12.2. The smallest absolute Gasteiger partial charge is 0.338 e. The topological polar surface area (TPSA) is 92.7 Å². The summed E-state index contributed by atoms with van der Waals surface area (Å²) < 4.78 is 39.3. The SMILES string of the molecule is C=Cc1nc(Nc2ccc(C)nc2)c2cc(-c3cc(NC(=O)c4cccc(C(F)(F)F)c4)ccc3C)ncc2n1. The number of carbonyl (C=O) groups excluding carboxylic acids is 1. The van der Waals surface area contributed by atoms with Gasteiger partial charge in [0.1, 0.15) is 5.82 Å². The predicted octanol–water partition coefficient (Wildman–Crippen LogP) is 7.36. The van der Waals surface area contributed by atoms with Crippen molar-refractivity contribution < 1.29 is 18.0 Å². The molecular weight excluding hydrogens is 517 g/mol. The summed E-state index contributed by atoms with van der Waals surface area (Å²) in [5.41, 5.74) is 3.84. The standard InChI is InChI=1S/C30H23F3N6O/c1-4-27-38-26-16-35-25(14-24(26)28(39-27)36-22-11-9-18(3)34-15-22)23-13-21(10-8-17(23)2)37-29(40)19-6-5-7-20(12-19)30(31,32)33/h4-16H,1H2,2-3H3,(H,37,40)(H,36,38,39). The number of nitrogens with zero attached hydrogens (tertiary/aromatic N) is 4. The van der Waals surface area contributed by atoms with Gasteiger partial charge in [-0.05, 0) is 74.0 Å². The molecule has 0 saturated heterocycles. The number of hydrogen-bond acceptors (Lipinski definition) is 6. The third-order valence-electron chi connectivity index (χ3n) is 6.18. The summed E-state index contributed by atoms with van der Waals surface area (Å²) in [6.07, 6.45) is 0.340. The van der Waals surface area contributed by atoms with Crippen molar-refractivity contribution in [3.8, 4) is 11.3 Å². The molecule has 0 aliphatic rings. The van der Waals surface area contributed by atoms with Crippen LogP contribution in [0.2, 0.25) is 0 Å². The first-order valence-corrected chi connectivity index (χ1v) is 12.2. The molecule has 2 N–H and O–H groups in total. The first kappa shape index (κ1) is 26.5. The third kappa shape index (κ3) is 5.65. The maximum absolute atomic E-state index is 13.1. The molecule has 0 aliphatic carbocycles. The van der Waals surface area contributed by atoms with Crippen LogP contribution in [0.15, 0.2) is 79.6 Å². The number of benzene rings is 2. The van der Waals surface area contributed by atoms with Crippen LogP contribution in [0.5, 0.6) is 0 Å². The highest BCUT2D eigenvalue weighted by Crippen LogP contribution is 2.32. The van der Waals surface area contributed by atoms with E-state index < -0.39 is 17.6 Å². The molecule has 0 saturated carbocycles. The number of nitrogens with one attached hydrogen (secondary N) is 2. The van der Waals surface area contributed by atoms with E-state index in [1.807, 2.05) is 32.0 Å². The number of pyridine rings is 2. The largest absolute Gasteiger partial charge is 0.416 e. The molecule has 0 atom stereocenters. The molecule has 0 bridgehead atoms. The Morgan fingerprint density at radius 1 is 0.925 bits per heavy atom. The quantitative estimate of drug-likeness (QED) is 0.234. The Kier molecular flexibility index (Phi) is 7.00. The number of hydrogen-bond donors (Lipinski definition) is 2. The second kappa shape index (κ2) is 10.6. The van der Waals surface area contributed by atoms with Crippen LogP contribution in [0.25, 0.3) is 28.2 Å². The van der Waals surface area contributed by atoms with Crippen molar-refractivity contribution in [3.05, 3.63) is 108 Å². The lowest BCUT2D eigenvalue weighted by molar-refractivity contribution is -0.137. The molecule has 5 aromatic rings. The molecule has 10 heteroatoms. The summed E-state index contributed by atoms with van der Waals surface area (Å²) in [6, 6.07) is 15.1. The molecule has 7 nitrogen and oxygen atoms in total. The lowest BCUT2D eigenvalue weighted by atomic mass is 10.0. The van der Waals surface area contributed by atoms with Crippen LogP contribution >= 0.6 is 0 Å². The van der Waals surface area contributed by atoms with Crippen molar-refractivity contribution >= 4 is 40.1 Å². The molecule has 40 heavy (non-hydrogen) atoms. The van der Waals surface area contributed by atoms with Crippen molar-refractivity contribution in [1.29, 1.82) is 0 Å². The Hall–Kier alpha value is -5.12. The van der Waals surface area contributed by atoms with Gasteiger partial charge >= 0.3 is 6.18 Å². The number of fused-ring (bicyclic) bond motifs is 1. The van der Waals surface area contributed by atoms with Crippen LogP contribution in [0, 0.1) is 13.8 Å². The van der Waals surface area contributed by atoms with Gasteiger partial charge in [-0.2, -0.15) is 13.2 Å². The van der Waals surface area contributed by atoms with Crippen molar-refractivity contribution in [1.82, 2.24) is 19.9 Å². The fourth-order valence-electron chi connectivity index (χ4n) is 4.08. The molecule has 0 unspecified atom stereocenters. The van der Waals surface area contributed by atoms with Crippen LogP contribution in [-0.4, -0.2) is 25.8 Å². The van der Waals surface area contributed by atoms with Crippen LogP contribution in [0.4, 0.5) is 30.4 Å². The van der Waals surface area contributed by atoms with E-state index in [-0.39, 0.29) is 5.56 Å². The number of amides is 1. The van der Waals surface area contributed by atoms with Crippen molar-refractivity contribution in [3.63, 3.8) is 0 Å². The lowest BCUT2D eigenvalue weighted by Crippen LogP contribution is -2.14. The Morgan fingerprint density at radius 3 is 2.45 bits per heavy atom. The van der Waals surface area contributed by atoms with E-state index >= 15 is 0 Å². The summed E-state index contributed by atoms with van der Waals surface area (Å²) in [5, 5.41) is 6.68. The normalized spacial score (nSPS) is 11.3. The average molecular weight is 541 g/mol. The highest BCUT2D eigenvalue weighted by Gasteiger charge is 2.31. The molecule has 2 aromatic carbocycles. The number of carbonyl (C=O) groups is 1. The van der Waals surface area contributed by atoms with Gasteiger partial charge in [-0.1, -0.05) is 18.7 Å². The number of alkyl halides is 3. The van der Waals surface area contributed by atoms with Gasteiger partial charge in [0.05, 0.1) is 34.9 Å². The Bertz CT molecular complexity index is 1750. The van der Waals surface area contributed by atoms with Crippen LogP contribution in [-0.2, 0) is 6.18 Å². The molecule has 0 aliphatic heterocycles. The van der Waals surface area contributed by atoms with E-state index in [9.17, 15) is 18.0 Å². The van der Waals surface area contributed by atoms with Gasteiger partial charge in [0.15, 0.2) is 5.82 Å². The van der Waals surface area contributed by atoms with Crippen molar-refractivity contribution in [2.24, 2.45) is 0 Å². The lowest BCUT2D eigenvalue weighted by Gasteiger charge is -2.13. The Morgan fingerprint density at radius 2 is 1.73 bits per heavy atom. The number of aryl methyl sites for hydroxylation is 2. The van der Waals surface area contributed by atoms with Crippen LogP contribution in [0.1, 0.15) is 33.0 Å². The zero-order valence-electron chi connectivity index (χ0n) is 21.5. The highest BCUT2D eigenvalue weighted by molar-refractivity contribution is 6.04. The van der Waals surface area contributed by atoms with E-state index in [0.29, 0.717) is 33.9 Å². The van der Waals surface area contributed by atoms with E-state index in [1.54, 1.807) is 36.7 Å². The molecule has 3 aromatic heterocycles. The first-order chi connectivity index (χ1) is 19.1. The molecule has 1 amide bonds.